The summed E-state index contributed by atoms with van der Waals surface area (Å²) in [4.78, 5) is -1.09. The standard InChI is InChI=1S/C14H8F3NO3S/c15-14(16,17)22(19,20)12-8-4-5-10(9-18)13(12)21-11-6-2-1-3-7-11/h1-8H. The molecule has 0 unspecified atom stereocenters. The van der Waals surface area contributed by atoms with Crippen molar-refractivity contribution in [3.63, 3.8) is 0 Å². The predicted octanol–water partition coefficient (Wildman–Crippen LogP) is 3.64. The molecular weight excluding hydrogens is 319 g/mol. The van der Waals surface area contributed by atoms with E-state index >= 15 is 0 Å². The zero-order valence-electron chi connectivity index (χ0n) is 10.8. The van der Waals surface area contributed by atoms with Gasteiger partial charge in [0.2, 0.25) is 0 Å². The van der Waals surface area contributed by atoms with Gasteiger partial charge in [-0.25, -0.2) is 8.42 Å². The van der Waals surface area contributed by atoms with Crippen LogP contribution in [-0.4, -0.2) is 13.9 Å². The van der Waals surface area contributed by atoms with Crippen molar-refractivity contribution in [3.05, 3.63) is 54.1 Å². The summed E-state index contributed by atoms with van der Waals surface area (Å²) in [6.45, 7) is 0. The molecule has 2 aromatic rings. The van der Waals surface area contributed by atoms with Crippen molar-refractivity contribution in [2.45, 2.75) is 10.4 Å². The molecule has 0 saturated heterocycles. The molecule has 0 aliphatic rings. The number of alkyl halides is 3. The van der Waals surface area contributed by atoms with Gasteiger partial charge in [0.05, 0.1) is 5.56 Å². The third kappa shape index (κ3) is 2.89. The summed E-state index contributed by atoms with van der Waals surface area (Å²) in [5.41, 5.74) is -5.80. The number of nitrogens with zero attached hydrogens (tertiary/aromatic N) is 1. The average molecular weight is 327 g/mol. The Morgan fingerprint density at radius 3 is 2.18 bits per heavy atom. The van der Waals surface area contributed by atoms with Crippen molar-refractivity contribution in [2.75, 3.05) is 0 Å². The largest absolute Gasteiger partial charge is 0.502 e. The summed E-state index contributed by atoms with van der Waals surface area (Å²) in [6, 6.07) is 12.2. The van der Waals surface area contributed by atoms with Crippen LogP contribution in [0.5, 0.6) is 11.5 Å². The minimum absolute atomic E-state index is 0.115. The fourth-order valence-corrected chi connectivity index (χ4v) is 2.55. The Bertz CT molecular complexity index is 825. The van der Waals surface area contributed by atoms with Crippen molar-refractivity contribution in [3.8, 4) is 17.6 Å². The van der Waals surface area contributed by atoms with Gasteiger partial charge in [-0.2, -0.15) is 18.4 Å². The Balaban J connectivity index is 2.65. The van der Waals surface area contributed by atoms with E-state index in [4.69, 9.17) is 10.00 Å². The van der Waals surface area contributed by atoms with E-state index < -0.39 is 26.0 Å². The van der Waals surface area contributed by atoms with Gasteiger partial charge >= 0.3 is 5.51 Å². The Morgan fingerprint density at radius 2 is 1.64 bits per heavy atom. The number of nitriles is 1. The molecule has 0 aliphatic heterocycles. The second kappa shape index (κ2) is 5.69. The maximum Gasteiger partial charge on any atom is 0.502 e. The van der Waals surface area contributed by atoms with Gasteiger partial charge in [0.1, 0.15) is 16.7 Å². The third-order valence-corrected chi connectivity index (χ3v) is 4.17. The van der Waals surface area contributed by atoms with Crippen molar-refractivity contribution >= 4 is 9.84 Å². The first-order valence-electron chi connectivity index (χ1n) is 5.85. The number of para-hydroxylation sites is 2. The van der Waals surface area contributed by atoms with Crippen LogP contribution >= 0.6 is 0 Å². The van der Waals surface area contributed by atoms with E-state index in [1.54, 1.807) is 24.3 Å². The topological polar surface area (TPSA) is 67.2 Å². The van der Waals surface area contributed by atoms with Gasteiger partial charge in [0.25, 0.3) is 9.84 Å². The fourth-order valence-electron chi connectivity index (χ4n) is 1.65. The summed E-state index contributed by atoms with van der Waals surface area (Å²) < 4.78 is 66.7. The summed E-state index contributed by atoms with van der Waals surface area (Å²) >= 11 is 0. The molecule has 0 aromatic heterocycles. The lowest BCUT2D eigenvalue weighted by Crippen LogP contribution is -2.23. The predicted molar refractivity (Wildman–Crippen MR) is 70.9 cm³/mol. The molecule has 0 amide bonds. The molecule has 22 heavy (non-hydrogen) atoms. The molecule has 0 fully saturated rings. The molecule has 0 atom stereocenters. The summed E-state index contributed by atoms with van der Waals surface area (Å²) in [5, 5.41) is 8.98. The van der Waals surface area contributed by atoms with Crippen molar-refractivity contribution in [2.24, 2.45) is 0 Å². The van der Waals surface area contributed by atoms with Crippen molar-refractivity contribution < 1.29 is 26.3 Å². The number of hydrogen-bond donors (Lipinski definition) is 0. The molecule has 0 heterocycles. The first kappa shape index (κ1) is 15.9. The van der Waals surface area contributed by atoms with Crippen LogP contribution < -0.4 is 4.74 Å². The second-order valence-electron chi connectivity index (χ2n) is 4.11. The van der Waals surface area contributed by atoms with Crippen molar-refractivity contribution in [1.29, 1.82) is 5.26 Å². The van der Waals surface area contributed by atoms with E-state index in [2.05, 4.69) is 0 Å². The monoisotopic (exact) mass is 327 g/mol. The Kier molecular flexibility index (Phi) is 4.10. The molecule has 0 spiro atoms. The van der Waals surface area contributed by atoms with Crippen molar-refractivity contribution in [1.82, 2.24) is 0 Å². The number of rotatable bonds is 3. The molecule has 0 saturated carbocycles. The van der Waals surface area contributed by atoms with E-state index in [0.717, 1.165) is 12.1 Å². The highest BCUT2D eigenvalue weighted by Gasteiger charge is 2.48. The normalized spacial score (nSPS) is 11.7. The van der Waals surface area contributed by atoms with E-state index in [1.807, 2.05) is 0 Å². The van der Waals surface area contributed by atoms with Crippen LogP contribution in [0.2, 0.25) is 0 Å². The SMILES string of the molecule is N#Cc1cccc(S(=O)(=O)C(F)(F)F)c1Oc1ccccc1. The van der Waals surface area contributed by atoms with Gasteiger partial charge < -0.3 is 4.74 Å². The van der Waals surface area contributed by atoms with Crippen LogP contribution in [0.3, 0.4) is 0 Å². The van der Waals surface area contributed by atoms with Crippen LogP contribution in [0.25, 0.3) is 0 Å². The molecule has 0 aliphatic carbocycles. The first-order chi connectivity index (χ1) is 10.3. The molecular formula is C14H8F3NO3S. The number of hydrogen-bond acceptors (Lipinski definition) is 4. The smallest absolute Gasteiger partial charge is 0.455 e. The lowest BCUT2D eigenvalue weighted by molar-refractivity contribution is -0.0436. The Hall–Kier alpha value is -2.53. The summed E-state index contributed by atoms with van der Waals surface area (Å²) in [6.07, 6.45) is 0. The first-order valence-corrected chi connectivity index (χ1v) is 7.33. The van der Waals surface area contributed by atoms with E-state index in [0.29, 0.717) is 0 Å². The van der Waals surface area contributed by atoms with E-state index in [1.165, 1.54) is 18.2 Å². The zero-order valence-corrected chi connectivity index (χ0v) is 11.6. The molecule has 0 radical (unpaired) electrons. The maximum absolute atomic E-state index is 12.7. The highest BCUT2D eigenvalue weighted by Crippen LogP contribution is 2.38. The van der Waals surface area contributed by atoms with Crippen LogP contribution in [0.15, 0.2) is 53.4 Å². The Labute approximate surface area is 124 Å². The summed E-state index contributed by atoms with van der Waals surface area (Å²) in [5.74, 6) is -0.530. The minimum Gasteiger partial charge on any atom is -0.455 e. The average Bonchev–Trinajstić information content (AvgIpc) is 2.47. The lowest BCUT2D eigenvalue weighted by Gasteiger charge is -2.14. The third-order valence-electron chi connectivity index (χ3n) is 2.66. The Morgan fingerprint density at radius 1 is 1.00 bits per heavy atom. The zero-order chi connectivity index (χ0) is 16.4. The van der Waals surface area contributed by atoms with Gasteiger partial charge in [-0.3, -0.25) is 0 Å². The molecule has 8 heteroatoms. The number of ether oxygens (including phenoxy) is 1. The van der Waals surface area contributed by atoms with E-state index in [-0.39, 0.29) is 11.3 Å². The van der Waals surface area contributed by atoms with E-state index in [9.17, 15) is 21.6 Å². The summed E-state index contributed by atoms with van der Waals surface area (Å²) in [7, 11) is -5.64. The lowest BCUT2D eigenvalue weighted by atomic mass is 10.2. The number of benzene rings is 2. The quantitative estimate of drug-likeness (QED) is 0.863. The van der Waals surface area contributed by atoms with Gasteiger partial charge in [-0.05, 0) is 24.3 Å². The molecule has 0 N–H and O–H groups in total. The fraction of sp³-hybridized carbons (Fsp3) is 0.0714. The number of halogens is 3. The maximum atomic E-state index is 12.7. The highest BCUT2D eigenvalue weighted by molar-refractivity contribution is 7.92. The molecule has 4 nitrogen and oxygen atoms in total. The van der Waals surface area contributed by atoms with Gasteiger partial charge in [-0.15, -0.1) is 0 Å². The second-order valence-corrected chi connectivity index (χ2v) is 6.02. The highest BCUT2D eigenvalue weighted by atomic mass is 32.2. The van der Waals surface area contributed by atoms with Crippen LogP contribution in [0.4, 0.5) is 13.2 Å². The molecule has 2 aromatic carbocycles. The minimum atomic E-state index is -5.64. The molecule has 2 rings (SSSR count). The van der Waals surface area contributed by atoms with Gasteiger partial charge in [0.15, 0.2) is 5.75 Å². The van der Waals surface area contributed by atoms with Gasteiger partial charge in [-0.1, -0.05) is 24.3 Å². The number of sulfone groups is 1. The molecule has 0 bridgehead atoms. The van der Waals surface area contributed by atoms with Crippen LogP contribution in [0, 0.1) is 11.3 Å². The van der Waals surface area contributed by atoms with Gasteiger partial charge in [0, 0.05) is 0 Å². The molecule has 114 valence electrons. The van der Waals surface area contributed by atoms with Crippen LogP contribution in [0.1, 0.15) is 5.56 Å². The van der Waals surface area contributed by atoms with Crippen LogP contribution in [-0.2, 0) is 9.84 Å².